The van der Waals surface area contributed by atoms with Gasteiger partial charge in [-0.15, -0.1) is 0 Å². The van der Waals surface area contributed by atoms with Gasteiger partial charge >= 0.3 is 11.7 Å². The van der Waals surface area contributed by atoms with E-state index in [2.05, 4.69) is 14.7 Å². The molecule has 16 heavy (non-hydrogen) atoms. The van der Waals surface area contributed by atoms with Gasteiger partial charge in [-0.05, 0) is 0 Å². The van der Waals surface area contributed by atoms with Gasteiger partial charge in [-0.25, -0.2) is 9.97 Å². The summed E-state index contributed by atoms with van der Waals surface area (Å²) >= 11 is 0. The van der Waals surface area contributed by atoms with Gasteiger partial charge in [0.15, 0.2) is 0 Å². The van der Waals surface area contributed by atoms with E-state index in [-0.39, 0.29) is 18.2 Å². The normalized spacial score (nSPS) is 9.62. The summed E-state index contributed by atoms with van der Waals surface area (Å²) in [6, 6.07) is 0. The van der Waals surface area contributed by atoms with Crippen LogP contribution in [0.15, 0.2) is 12.4 Å². The largest absolute Gasteiger partial charge is 0.468 e. The van der Waals surface area contributed by atoms with Crippen molar-refractivity contribution in [3.8, 4) is 0 Å². The van der Waals surface area contributed by atoms with Gasteiger partial charge in [0.2, 0.25) is 5.95 Å². The third kappa shape index (κ3) is 2.87. The summed E-state index contributed by atoms with van der Waals surface area (Å²) in [5.41, 5.74) is -0.199. The second kappa shape index (κ2) is 5.01. The van der Waals surface area contributed by atoms with Gasteiger partial charge in [0, 0.05) is 7.05 Å². The van der Waals surface area contributed by atoms with Crippen molar-refractivity contribution in [2.75, 3.05) is 25.6 Å². The summed E-state index contributed by atoms with van der Waals surface area (Å²) in [6.07, 6.45) is 2.16. The van der Waals surface area contributed by atoms with E-state index < -0.39 is 10.9 Å². The van der Waals surface area contributed by atoms with Crippen LogP contribution in [0.5, 0.6) is 0 Å². The predicted molar refractivity (Wildman–Crippen MR) is 54.0 cm³/mol. The Hall–Kier alpha value is -2.25. The molecule has 86 valence electrons. The molecule has 1 heterocycles. The molecular formula is C8H10N4O4. The highest BCUT2D eigenvalue weighted by Gasteiger charge is 2.12. The number of methoxy groups -OCH3 is 1. The fourth-order valence-corrected chi connectivity index (χ4v) is 0.935. The van der Waals surface area contributed by atoms with Crippen molar-refractivity contribution < 1.29 is 14.5 Å². The SMILES string of the molecule is COC(=O)CN(C)c1ncc([N+](=O)[O-])cn1. The van der Waals surface area contributed by atoms with Gasteiger partial charge in [-0.3, -0.25) is 14.9 Å². The van der Waals surface area contributed by atoms with Crippen LogP contribution in [-0.2, 0) is 9.53 Å². The molecule has 1 rings (SSSR count). The molecule has 0 bridgehead atoms. The maximum atomic E-state index is 10.9. The predicted octanol–water partition coefficient (Wildman–Crippen LogP) is -0.00600. The van der Waals surface area contributed by atoms with Crippen LogP contribution in [0.2, 0.25) is 0 Å². The summed E-state index contributed by atoms with van der Waals surface area (Å²) in [5.74, 6) is -0.222. The fraction of sp³-hybridized carbons (Fsp3) is 0.375. The van der Waals surface area contributed by atoms with Gasteiger partial charge in [0.1, 0.15) is 18.9 Å². The van der Waals surface area contributed by atoms with Crippen LogP contribution in [0, 0.1) is 10.1 Å². The van der Waals surface area contributed by atoms with E-state index in [0.29, 0.717) is 0 Å². The highest BCUT2D eigenvalue weighted by molar-refractivity contribution is 5.74. The number of likely N-dealkylation sites (N-methyl/N-ethyl adjacent to an activating group) is 1. The number of nitrogens with zero attached hydrogens (tertiary/aromatic N) is 4. The number of esters is 1. The van der Waals surface area contributed by atoms with Crippen LogP contribution in [0.25, 0.3) is 0 Å². The standard InChI is InChI=1S/C8H10N4O4/c1-11(5-7(13)16-2)8-9-3-6(4-10-8)12(14)15/h3-4H,5H2,1-2H3. The Morgan fingerprint density at radius 2 is 2.12 bits per heavy atom. The second-order valence-corrected chi connectivity index (χ2v) is 2.93. The summed E-state index contributed by atoms with van der Waals surface area (Å²) in [7, 11) is 2.85. The molecule has 8 heteroatoms. The van der Waals surface area contributed by atoms with E-state index in [1.807, 2.05) is 0 Å². The zero-order valence-corrected chi connectivity index (χ0v) is 8.78. The maximum absolute atomic E-state index is 10.9. The Labute approximate surface area is 91.0 Å². The number of hydrogen-bond donors (Lipinski definition) is 0. The Kier molecular flexibility index (Phi) is 3.70. The number of ether oxygens (including phenoxy) is 1. The Bertz CT molecular complexity index is 392. The zero-order valence-electron chi connectivity index (χ0n) is 8.78. The molecule has 0 atom stereocenters. The summed E-state index contributed by atoms with van der Waals surface area (Å²) in [4.78, 5) is 29.6. The molecule has 0 spiro atoms. The average molecular weight is 226 g/mol. The van der Waals surface area contributed by atoms with E-state index in [0.717, 1.165) is 12.4 Å². The number of rotatable bonds is 4. The quantitative estimate of drug-likeness (QED) is 0.404. The number of nitro groups is 1. The minimum absolute atomic E-state index is 0.0195. The minimum atomic E-state index is -0.593. The summed E-state index contributed by atoms with van der Waals surface area (Å²) < 4.78 is 4.46. The topological polar surface area (TPSA) is 98.5 Å². The highest BCUT2D eigenvalue weighted by Crippen LogP contribution is 2.10. The van der Waals surface area contributed by atoms with Crippen LogP contribution in [0.4, 0.5) is 11.6 Å². The molecule has 0 saturated heterocycles. The van der Waals surface area contributed by atoms with Gasteiger partial charge in [-0.1, -0.05) is 0 Å². The number of anilines is 1. The number of hydrogen-bond acceptors (Lipinski definition) is 7. The number of carbonyl (C=O) groups is 1. The van der Waals surface area contributed by atoms with Crippen molar-refractivity contribution in [3.05, 3.63) is 22.5 Å². The lowest BCUT2D eigenvalue weighted by atomic mass is 10.5. The molecule has 0 fully saturated rings. The number of carbonyl (C=O) groups excluding carboxylic acids is 1. The second-order valence-electron chi connectivity index (χ2n) is 2.93. The van der Waals surface area contributed by atoms with Crippen molar-refractivity contribution in [2.45, 2.75) is 0 Å². The molecular weight excluding hydrogens is 216 g/mol. The Balaban J connectivity index is 2.73. The molecule has 1 aromatic rings. The Morgan fingerprint density at radius 3 is 2.56 bits per heavy atom. The maximum Gasteiger partial charge on any atom is 0.325 e. The van der Waals surface area contributed by atoms with E-state index in [1.54, 1.807) is 7.05 Å². The molecule has 1 aromatic heterocycles. The molecule has 0 amide bonds. The molecule has 0 aliphatic heterocycles. The first-order valence-corrected chi connectivity index (χ1v) is 4.29. The first-order chi connectivity index (χ1) is 7.54. The zero-order chi connectivity index (χ0) is 12.1. The first kappa shape index (κ1) is 11.8. The van der Waals surface area contributed by atoms with Gasteiger partial charge in [0.05, 0.1) is 12.0 Å². The van der Waals surface area contributed by atoms with Crippen molar-refractivity contribution in [1.29, 1.82) is 0 Å². The smallest absolute Gasteiger partial charge is 0.325 e. The minimum Gasteiger partial charge on any atom is -0.468 e. The van der Waals surface area contributed by atoms with E-state index in [9.17, 15) is 14.9 Å². The van der Waals surface area contributed by atoms with Gasteiger partial charge in [-0.2, -0.15) is 0 Å². The van der Waals surface area contributed by atoms with Crippen LogP contribution in [0.1, 0.15) is 0 Å². The first-order valence-electron chi connectivity index (χ1n) is 4.29. The van der Waals surface area contributed by atoms with Crippen molar-refractivity contribution >= 4 is 17.6 Å². The molecule has 0 aromatic carbocycles. The Morgan fingerprint density at radius 1 is 1.56 bits per heavy atom. The van der Waals surface area contributed by atoms with E-state index in [4.69, 9.17) is 0 Å². The molecule has 0 saturated carbocycles. The third-order valence-electron chi connectivity index (χ3n) is 1.77. The summed E-state index contributed by atoms with van der Waals surface area (Å²) in [6.45, 7) is -0.0195. The molecule has 8 nitrogen and oxygen atoms in total. The van der Waals surface area contributed by atoms with Crippen LogP contribution >= 0.6 is 0 Å². The van der Waals surface area contributed by atoms with E-state index >= 15 is 0 Å². The molecule has 0 radical (unpaired) electrons. The average Bonchev–Trinajstić information content (AvgIpc) is 2.28. The fourth-order valence-electron chi connectivity index (χ4n) is 0.935. The van der Waals surface area contributed by atoms with Crippen LogP contribution in [0.3, 0.4) is 0 Å². The van der Waals surface area contributed by atoms with Gasteiger partial charge < -0.3 is 9.64 Å². The third-order valence-corrected chi connectivity index (χ3v) is 1.77. The lowest BCUT2D eigenvalue weighted by Gasteiger charge is -2.14. The van der Waals surface area contributed by atoms with Crippen molar-refractivity contribution in [3.63, 3.8) is 0 Å². The van der Waals surface area contributed by atoms with Crippen LogP contribution in [-0.4, -0.2) is 41.6 Å². The molecule has 0 aliphatic rings. The molecule has 0 N–H and O–H groups in total. The van der Waals surface area contributed by atoms with Crippen molar-refractivity contribution in [2.24, 2.45) is 0 Å². The lowest BCUT2D eigenvalue weighted by molar-refractivity contribution is -0.385. The highest BCUT2D eigenvalue weighted by atomic mass is 16.6. The summed E-state index contributed by atoms with van der Waals surface area (Å²) in [5, 5.41) is 10.3. The van der Waals surface area contributed by atoms with Gasteiger partial charge in [0.25, 0.3) is 0 Å². The molecule has 0 unspecified atom stereocenters. The van der Waals surface area contributed by atoms with E-state index in [1.165, 1.54) is 12.0 Å². The van der Waals surface area contributed by atoms with Crippen molar-refractivity contribution in [1.82, 2.24) is 9.97 Å². The monoisotopic (exact) mass is 226 g/mol. The van der Waals surface area contributed by atoms with Crippen LogP contribution < -0.4 is 4.90 Å². The molecule has 0 aliphatic carbocycles. The number of aromatic nitrogens is 2. The lowest BCUT2D eigenvalue weighted by Crippen LogP contribution is -2.27.